The zero-order chi connectivity index (χ0) is 32.2. The summed E-state index contributed by atoms with van der Waals surface area (Å²) in [4.78, 5) is 51.4. The first-order valence-electron chi connectivity index (χ1n) is 16.1. The van der Waals surface area contributed by atoms with E-state index in [1.807, 2.05) is 53.4 Å². The summed E-state index contributed by atoms with van der Waals surface area (Å²) in [6, 6.07) is 15.8. The van der Waals surface area contributed by atoms with E-state index < -0.39 is 12.2 Å². The monoisotopic (exact) mass is 757 g/mol. The fourth-order valence-electron chi connectivity index (χ4n) is 6.73. The van der Waals surface area contributed by atoms with E-state index in [0.29, 0.717) is 50.9 Å². The number of rotatable bonds is 7. The molecule has 6 rings (SSSR count). The van der Waals surface area contributed by atoms with Gasteiger partial charge in [-0.05, 0) is 95.4 Å². The maximum atomic E-state index is 13.9. The van der Waals surface area contributed by atoms with Crippen molar-refractivity contribution in [1.29, 1.82) is 0 Å². The molecule has 0 unspecified atom stereocenters. The van der Waals surface area contributed by atoms with Crippen molar-refractivity contribution in [3.63, 3.8) is 0 Å². The zero-order valence-corrected chi connectivity index (χ0v) is 29.3. The van der Waals surface area contributed by atoms with Crippen LogP contribution in [0.1, 0.15) is 37.3 Å². The maximum absolute atomic E-state index is 13.9. The summed E-state index contributed by atoms with van der Waals surface area (Å²) in [5.74, 6) is 0.377. The molecule has 1 atom stereocenters. The molecule has 4 heterocycles. The van der Waals surface area contributed by atoms with Gasteiger partial charge < -0.3 is 19.4 Å². The van der Waals surface area contributed by atoms with E-state index in [-0.39, 0.29) is 24.1 Å². The zero-order valence-electron chi connectivity index (χ0n) is 26.1. The standard InChI is InChI=1S/C33H41Br2N7O4/c1-38-13-9-25(10-14-38)39-17-19-40(20-18-39)31(43)29(22-23-7-8-27(34)28(35)21-23)46-33(45)41-15-11-26(12-16-41)42-32(44)36-30(37-42)24-5-3-2-4-6-24/h2-8,21,25-26,29H,9-20,22H2,1H3,(H,36,37,44)/t29-/m1/s1. The number of likely N-dealkylation sites (tertiary alicyclic amines) is 2. The van der Waals surface area contributed by atoms with Gasteiger partial charge in [-0.2, -0.15) is 0 Å². The second-order valence-corrected chi connectivity index (χ2v) is 14.2. The molecule has 3 aromatic rings. The second-order valence-electron chi connectivity index (χ2n) is 12.5. The second kappa shape index (κ2) is 14.8. The molecular weight excluding hydrogens is 718 g/mol. The number of hydrogen-bond acceptors (Lipinski definition) is 7. The van der Waals surface area contributed by atoms with Crippen molar-refractivity contribution in [2.24, 2.45) is 0 Å². The summed E-state index contributed by atoms with van der Waals surface area (Å²) in [6.07, 6.45) is 2.28. The van der Waals surface area contributed by atoms with Gasteiger partial charge in [-0.15, -0.1) is 5.10 Å². The van der Waals surface area contributed by atoms with Gasteiger partial charge in [0.15, 0.2) is 11.9 Å². The highest BCUT2D eigenvalue weighted by molar-refractivity contribution is 9.13. The van der Waals surface area contributed by atoms with Gasteiger partial charge in [0.1, 0.15) is 0 Å². The van der Waals surface area contributed by atoms with Gasteiger partial charge in [-0.25, -0.2) is 14.3 Å². The van der Waals surface area contributed by atoms with Crippen molar-refractivity contribution in [1.82, 2.24) is 34.4 Å². The Labute approximate surface area is 286 Å². The Kier molecular flexibility index (Phi) is 10.6. The summed E-state index contributed by atoms with van der Waals surface area (Å²) in [7, 11) is 2.17. The molecule has 246 valence electrons. The highest BCUT2D eigenvalue weighted by Crippen LogP contribution is 2.27. The van der Waals surface area contributed by atoms with E-state index in [9.17, 15) is 14.4 Å². The molecule has 3 aliphatic rings. The predicted octanol–water partition coefficient (Wildman–Crippen LogP) is 4.39. The topological polar surface area (TPSA) is 107 Å². The number of halogens is 2. The average molecular weight is 760 g/mol. The molecule has 0 aliphatic carbocycles. The van der Waals surface area contributed by atoms with E-state index in [0.717, 1.165) is 59.1 Å². The van der Waals surface area contributed by atoms with Crippen LogP contribution in [0, 0.1) is 0 Å². The number of benzene rings is 2. The van der Waals surface area contributed by atoms with E-state index in [2.05, 4.69) is 58.8 Å². The number of hydrogen-bond donors (Lipinski definition) is 1. The Balaban J connectivity index is 1.09. The number of ether oxygens (including phenoxy) is 1. The summed E-state index contributed by atoms with van der Waals surface area (Å²) in [5, 5.41) is 4.55. The van der Waals surface area contributed by atoms with Crippen LogP contribution in [0.25, 0.3) is 11.4 Å². The molecule has 0 spiro atoms. The number of nitrogens with zero attached hydrogens (tertiary/aromatic N) is 6. The smallest absolute Gasteiger partial charge is 0.410 e. The van der Waals surface area contributed by atoms with Crippen LogP contribution in [0.3, 0.4) is 0 Å². The van der Waals surface area contributed by atoms with Crippen molar-refractivity contribution in [3.05, 3.63) is 73.5 Å². The van der Waals surface area contributed by atoms with Gasteiger partial charge in [-0.1, -0.05) is 36.4 Å². The highest BCUT2D eigenvalue weighted by atomic mass is 79.9. The minimum absolute atomic E-state index is 0.135. The minimum atomic E-state index is -0.935. The number of aromatic nitrogens is 3. The van der Waals surface area contributed by atoms with Crippen molar-refractivity contribution >= 4 is 43.9 Å². The summed E-state index contributed by atoms with van der Waals surface area (Å²) in [6.45, 7) is 5.93. The highest BCUT2D eigenvalue weighted by Gasteiger charge is 2.35. The molecule has 1 aromatic heterocycles. The number of carbonyl (C=O) groups is 2. The first-order valence-corrected chi connectivity index (χ1v) is 17.7. The lowest BCUT2D eigenvalue weighted by Crippen LogP contribution is -2.56. The average Bonchev–Trinajstić information content (AvgIpc) is 3.48. The molecule has 2 aromatic carbocycles. The van der Waals surface area contributed by atoms with Crippen molar-refractivity contribution in [2.75, 3.05) is 59.4 Å². The molecule has 0 saturated carbocycles. The molecule has 3 saturated heterocycles. The molecule has 2 amide bonds. The Bertz CT molecular complexity index is 1560. The fourth-order valence-corrected chi connectivity index (χ4v) is 7.40. The van der Waals surface area contributed by atoms with Crippen LogP contribution in [0.2, 0.25) is 0 Å². The molecule has 46 heavy (non-hydrogen) atoms. The quantitative estimate of drug-likeness (QED) is 0.381. The largest absolute Gasteiger partial charge is 0.436 e. The van der Waals surface area contributed by atoms with E-state index in [1.54, 1.807) is 4.90 Å². The minimum Gasteiger partial charge on any atom is -0.436 e. The Morgan fingerprint density at radius 2 is 1.54 bits per heavy atom. The molecule has 0 bridgehead atoms. The van der Waals surface area contributed by atoms with Crippen LogP contribution in [-0.2, 0) is 16.0 Å². The Morgan fingerprint density at radius 3 is 2.22 bits per heavy atom. The summed E-state index contributed by atoms with van der Waals surface area (Å²) < 4.78 is 9.30. The number of aromatic amines is 1. The van der Waals surface area contributed by atoms with Crippen LogP contribution >= 0.6 is 31.9 Å². The van der Waals surface area contributed by atoms with Gasteiger partial charge in [0, 0.05) is 66.2 Å². The maximum Gasteiger partial charge on any atom is 0.410 e. The van der Waals surface area contributed by atoms with Gasteiger partial charge in [-0.3, -0.25) is 14.7 Å². The SMILES string of the molecule is CN1CCC(N2CCN(C(=O)[C@@H](Cc3ccc(Br)c(Br)c3)OC(=O)N3CCC(n4nc(-c5ccccc5)[nH]c4=O)CC3)CC2)CC1. The lowest BCUT2D eigenvalue weighted by molar-refractivity contribution is -0.143. The van der Waals surface area contributed by atoms with Crippen molar-refractivity contribution in [2.45, 2.75) is 50.3 Å². The van der Waals surface area contributed by atoms with E-state index in [4.69, 9.17) is 4.74 Å². The molecule has 11 nitrogen and oxygen atoms in total. The van der Waals surface area contributed by atoms with Crippen LogP contribution in [0.15, 0.2) is 62.3 Å². The lowest BCUT2D eigenvalue weighted by atomic mass is 10.0. The molecule has 1 N–H and O–H groups in total. The van der Waals surface area contributed by atoms with E-state index in [1.165, 1.54) is 4.68 Å². The number of H-pyrrole nitrogens is 1. The third-order valence-corrected chi connectivity index (χ3v) is 11.4. The molecule has 13 heteroatoms. The summed E-state index contributed by atoms with van der Waals surface area (Å²) in [5.41, 5.74) is 1.48. The Morgan fingerprint density at radius 1 is 0.870 bits per heavy atom. The third kappa shape index (κ3) is 7.75. The van der Waals surface area contributed by atoms with Crippen molar-refractivity contribution < 1.29 is 14.3 Å². The number of amides is 2. The van der Waals surface area contributed by atoms with Crippen LogP contribution in [0.5, 0.6) is 0 Å². The molecule has 3 aliphatic heterocycles. The lowest BCUT2D eigenvalue weighted by Gasteiger charge is -2.42. The van der Waals surface area contributed by atoms with Crippen LogP contribution in [0.4, 0.5) is 4.79 Å². The number of piperidine rings is 2. The molecular formula is C33H41Br2N7O4. The Hall–Kier alpha value is -3.00. The van der Waals surface area contributed by atoms with Gasteiger partial charge in [0.25, 0.3) is 5.91 Å². The number of carbonyl (C=O) groups excluding carboxylic acids is 2. The van der Waals surface area contributed by atoms with Crippen molar-refractivity contribution in [3.8, 4) is 11.4 Å². The normalized spacial score (nSPS) is 19.7. The first-order chi connectivity index (χ1) is 22.2. The van der Waals surface area contributed by atoms with E-state index >= 15 is 0 Å². The van der Waals surface area contributed by atoms with Gasteiger partial charge in [0.05, 0.1) is 6.04 Å². The van der Waals surface area contributed by atoms with Crippen LogP contribution in [-0.4, -0.2) is 118 Å². The number of piperazine rings is 1. The van der Waals surface area contributed by atoms with Gasteiger partial charge >= 0.3 is 11.8 Å². The predicted molar refractivity (Wildman–Crippen MR) is 183 cm³/mol. The fraction of sp³-hybridized carbons (Fsp3) is 0.515. The van der Waals surface area contributed by atoms with Crippen LogP contribution < -0.4 is 5.69 Å². The first kappa shape index (κ1) is 32.9. The van der Waals surface area contributed by atoms with Gasteiger partial charge in [0.2, 0.25) is 0 Å². The summed E-state index contributed by atoms with van der Waals surface area (Å²) >= 11 is 7.07. The molecule has 0 radical (unpaired) electrons. The molecule has 3 fully saturated rings. The number of nitrogens with one attached hydrogen (secondary N) is 1. The third-order valence-electron chi connectivity index (χ3n) is 9.51.